The van der Waals surface area contributed by atoms with Crippen molar-refractivity contribution in [3.05, 3.63) is 63.2 Å². The van der Waals surface area contributed by atoms with Gasteiger partial charge in [-0.15, -0.1) is 0 Å². The topological polar surface area (TPSA) is 102 Å². The minimum atomic E-state index is -0.708. The molecule has 2 aromatic rings. The summed E-state index contributed by atoms with van der Waals surface area (Å²) in [6.45, 7) is 2.49. The molecule has 126 valence electrons. The maximum atomic E-state index is 11.5. The van der Waals surface area contributed by atoms with Gasteiger partial charge in [0.2, 0.25) is 0 Å². The lowest BCUT2D eigenvalue weighted by Gasteiger charge is -2.16. The Morgan fingerprint density at radius 3 is 2.50 bits per heavy atom. The SMILES string of the molecule is Cc1cc(N(C)C)ccc1CNc1ccc([N+](=O)[O-])cc1C(N)=O. The molecule has 7 nitrogen and oxygen atoms in total. The van der Waals surface area contributed by atoms with Crippen LogP contribution in [0.4, 0.5) is 17.1 Å². The fraction of sp³-hybridized carbons (Fsp3) is 0.235. The summed E-state index contributed by atoms with van der Waals surface area (Å²) in [5.41, 5.74) is 9.02. The average Bonchev–Trinajstić information content (AvgIpc) is 2.53. The van der Waals surface area contributed by atoms with Crippen LogP contribution >= 0.6 is 0 Å². The zero-order valence-corrected chi connectivity index (χ0v) is 13.9. The number of hydrogen-bond acceptors (Lipinski definition) is 5. The van der Waals surface area contributed by atoms with Crippen molar-refractivity contribution in [1.82, 2.24) is 0 Å². The van der Waals surface area contributed by atoms with Gasteiger partial charge in [-0.3, -0.25) is 14.9 Å². The first-order valence-corrected chi connectivity index (χ1v) is 7.38. The van der Waals surface area contributed by atoms with Gasteiger partial charge in [-0.25, -0.2) is 0 Å². The highest BCUT2D eigenvalue weighted by Crippen LogP contribution is 2.23. The van der Waals surface area contributed by atoms with Crippen LogP contribution < -0.4 is 16.0 Å². The van der Waals surface area contributed by atoms with Crippen molar-refractivity contribution in [2.45, 2.75) is 13.5 Å². The second-order valence-corrected chi connectivity index (χ2v) is 5.71. The van der Waals surface area contributed by atoms with E-state index in [0.717, 1.165) is 16.8 Å². The number of amides is 1. The summed E-state index contributed by atoms with van der Waals surface area (Å²) in [7, 11) is 3.95. The van der Waals surface area contributed by atoms with Crippen LogP contribution in [0.3, 0.4) is 0 Å². The van der Waals surface area contributed by atoms with Crippen LogP contribution in [0, 0.1) is 17.0 Å². The minimum absolute atomic E-state index is 0.103. The first-order chi connectivity index (χ1) is 11.3. The van der Waals surface area contributed by atoms with Gasteiger partial charge in [-0.2, -0.15) is 0 Å². The van der Waals surface area contributed by atoms with Crippen molar-refractivity contribution in [2.75, 3.05) is 24.3 Å². The predicted octanol–water partition coefficient (Wildman–Crippen LogP) is 2.68. The zero-order chi connectivity index (χ0) is 17.9. The van der Waals surface area contributed by atoms with Crippen molar-refractivity contribution in [3.63, 3.8) is 0 Å². The quantitative estimate of drug-likeness (QED) is 0.627. The van der Waals surface area contributed by atoms with Gasteiger partial charge >= 0.3 is 0 Å². The van der Waals surface area contributed by atoms with E-state index in [-0.39, 0.29) is 11.3 Å². The van der Waals surface area contributed by atoms with Crippen LogP contribution in [-0.4, -0.2) is 24.9 Å². The molecule has 2 aromatic carbocycles. The highest BCUT2D eigenvalue weighted by molar-refractivity contribution is 5.99. The molecule has 0 saturated heterocycles. The van der Waals surface area contributed by atoms with Crippen LogP contribution in [0.25, 0.3) is 0 Å². The normalized spacial score (nSPS) is 10.3. The van der Waals surface area contributed by atoms with Gasteiger partial charge in [0, 0.05) is 44.1 Å². The monoisotopic (exact) mass is 328 g/mol. The molecule has 0 aliphatic heterocycles. The molecule has 24 heavy (non-hydrogen) atoms. The van der Waals surface area contributed by atoms with Crippen molar-refractivity contribution < 1.29 is 9.72 Å². The molecule has 0 aromatic heterocycles. The van der Waals surface area contributed by atoms with E-state index in [1.807, 2.05) is 38.1 Å². The van der Waals surface area contributed by atoms with E-state index in [1.54, 1.807) is 0 Å². The first kappa shape index (κ1) is 17.3. The van der Waals surface area contributed by atoms with Crippen LogP contribution in [0.5, 0.6) is 0 Å². The number of carbonyl (C=O) groups is 1. The summed E-state index contributed by atoms with van der Waals surface area (Å²) >= 11 is 0. The number of anilines is 2. The van der Waals surface area contributed by atoms with Gasteiger partial charge in [0.15, 0.2) is 0 Å². The van der Waals surface area contributed by atoms with Crippen LogP contribution in [0.1, 0.15) is 21.5 Å². The van der Waals surface area contributed by atoms with Gasteiger partial charge < -0.3 is 16.0 Å². The Bertz CT molecular complexity index is 787. The highest BCUT2D eigenvalue weighted by atomic mass is 16.6. The molecule has 0 atom stereocenters. The number of nitrogens with zero attached hydrogens (tertiary/aromatic N) is 2. The molecule has 1 amide bonds. The van der Waals surface area contributed by atoms with Crippen LogP contribution in [0.15, 0.2) is 36.4 Å². The van der Waals surface area contributed by atoms with Crippen molar-refractivity contribution >= 4 is 23.0 Å². The molecule has 0 saturated carbocycles. The summed E-state index contributed by atoms with van der Waals surface area (Å²) in [5, 5.41) is 14.0. The Balaban J connectivity index is 2.23. The van der Waals surface area contributed by atoms with E-state index in [0.29, 0.717) is 12.2 Å². The van der Waals surface area contributed by atoms with E-state index in [1.165, 1.54) is 18.2 Å². The number of non-ortho nitro benzene ring substituents is 1. The number of primary amides is 1. The molecule has 3 N–H and O–H groups in total. The maximum Gasteiger partial charge on any atom is 0.270 e. The number of nitro groups is 1. The predicted molar refractivity (Wildman–Crippen MR) is 94.4 cm³/mol. The van der Waals surface area contributed by atoms with Crippen LogP contribution in [0.2, 0.25) is 0 Å². The molecule has 7 heteroatoms. The molecule has 0 aliphatic carbocycles. The largest absolute Gasteiger partial charge is 0.380 e. The van der Waals surface area contributed by atoms with Gasteiger partial charge in [0.25, 0.3) is 11.6 Å². The van der Waals surface area contributed by atoms with Gasteiger partial charge in [0.1, 0.15) is 0 Å². The molecule has 2 rings (SSSR count). The number of nitrogens with one attached hydrogen (secondary N) is 1. The van der Waals surface area contributed by atoms with E-state index in [2.05, 4.69) is 11.4 Å². The van der Waals surface area contributed by atoms with Crippen molar-refractivity contribution in [1.29, 1.82) is 0 Å². The van der Waals surface area contributed by atoms with Gasteiger partial charge in [-0.05, 0) is 36.2 Å². The summed E-state index contributed by atoms with van der Waals surface area (Å²) in [5.74, 6) is -0.708. The minimum Gasteiger partial charge on any atom is -0.380 e. The number of benzene rings is 2. The summed E-state index contributed by atoms with van der Waals surface area (Å²) in [6.07, 6.45) is 0. The number of rotatable bonds is 6. The van der Waals surface area contributed by atoms with E-state index in [4.69, 9.17) is 5.73 Å². The second kappa shape index (κ2) is 6.99. The number of hydrogen-bond donors (Lipinski definition) is 2. The Hall–Kier alpha value is -3.09. The fourth-order valence-electron chi connectivity index (χ4n) is 2.35. The number of nitro benzene ring substituents is 1. The third kappa shape index (κ3) is 3.81. The fourth-order valence-corrected chi connectivity index (χ4v) is 2.35. The number of carbonyl (C=O) groups excluding carboxylic acids is 1. The van der Waals surface area contributed by atoms with E-state index < -0.39 is 10.8 Å². The lowest BCUT2D eigenvalue weighted by Crippen LogP contribution is -2.15. The van der Waals surface area contributed by atoms with Crippen molar-refractivity contribution in [3.8, 4) is 0 Å². The standard InChI is InChI=1S/C17H20N4O3/c1-11-8-13(20(2)3)5-4-12(11)10-19-16-7-6-14(21(23)24)9-15(16)17(18)22/h4-9,19H,10H2,1-3H3,(H2,18,22). The second-order valence-electron chi connectivity index (χ2n) is 5.71. The average molecular weight is 328 g/mol. The molecule has 0 fully saturated rings. The smallest absolute Gasteiger partial charge is 0.270 e. The molecule has 0 heterocycles. The molecule has 0 aliphatic rings. The lowest BCUT2D eigenvalue weighted by atomic mass is 10.1. The molecular weight excluding hydrogens is 308 g/mol. The summed E-state index contributed by atoms with van der Waals surface area (Å²) < 4.78 is 0. The first-order valence-electron chi connectivity index (χ1n) is 7.38. The Morgan fingerprint density at radius 1 is 1.25 bits per heavy atom. The third-order valence-electron chi connectivity index (χ3n) is 3.79. The van der Waals surface area contributed by atoms with E-state index >= 15 is 0 Å². The van der Waals surface area contributed by atoms with Gasteiger partial charge in [-0.1, -0.05) is 6.07 Å². The highest BCUT2D eigenvalue weighted by Gasteiger charge is 2.14. The Kier molecular flexibility index (Phi) is 5.03. The lowest BCUT2D eigenvalue weighted by molar-refractivity contribution is -0.384. The maximum absolute atomic E-state index is 11.5. The van der Waals surface area contributed by atoms with Crippen LogP contribution in [-0.2, 0) is 6.54 Å². The van der Waals surface area contributed by atoms with Gasteiger partial charge in [0.05, 0.1) is 10.5 Å². The Labute approximate surface area is 140 Å². The summed E-state index contributed by atoms with van der Waals surface area (Å²) in [6, 6.07) is 10.1. The van der Waals surface area contributed by atoms with Crippen molar-refractivity contribution in [2.24, 2.45) is 5.73 Å². The molecule has 0 bridgehead atoms. The molecule has 0 spiro atoms. The molecule has 0 radical (unpaired) electrons. The summed E-state index contributed by atoms with van der Waals surface area (Å²) in [4.78, 5) is 23.8. The zero-order valence-electron chi connectivity index (χ0n) is 13.9. The van der Waals surface area contributed by atoms with E-state index in [9.17, 15) is 14.9 Å². The number of nitrogens with two attached hydrogens (primary N) is 1. The molecular formula is C17H20N4O3. The third-order valence-corrected chi connectivity index (χ3v) is 3.79. The Morgan fingerprint density at radius 2 is 1.96 bits per heavy atom. The number of aryl methyl sites for hydroxylation is 1. The molecule has 0 unspecified atom stereocenters.